The van der Waals surface area contributed by atoms with Gasteiger partial charge in [-0.3, -0.25) is 9.69 Å². The van der Waals surface area contributed by atoms with Crippen molar-refractivity contribution in [2.45, 2.75) is 51.6 Å². The monoisotopic (exact) mass is 389 g/mol. The molecule has 1 aromatic carbocycles. The molecule has 1 aromatic rings. The lowest BCUT2D eigenvalue weighted by Crippen LogP contribution is -2.53. The molecule has 4 nitrogen and oxygen atoms in total. The number of nitrogens with zero attached hydrogens (tertiary/aromatic N) is 2. The Balaban J connectivity index is 0.00000288. The maximum atomic E-state index is 12.4. The van der Waals surface area contributed by atoms with E-state index in [1.54, 1.807) is 0 Å². The summed E-state index contributed by atoms with van der Waals surface area (Å²) in [6, 6.07) is 10.9. The van der Waals surface area contributed by atoms with Gasteiger partial charge in [-0.1, -0.05) is 43.2 Å². The van der Waals surface area contributed by atoms with E-state index in [4.69, 9.17) is 5.73 Å². The van der Waals surface area contributed by atoms with Gasteiger partial charge in [0.25, 0.3) is 0 Å². The fraction of sp³-hybridized carbons (Fsp3) is 0.632. The van der Waals surface area contributed by atoms with Crippen LogP contribution in [0.2, 0.25) is 0 Å². The van der Waals surface area contributed by atoms with Crippen molar-refractivity contribution in [1.29, 1.82) is 0 Å². The number of rotatable bonds is 8. The maximum absolute atomic E-state index is 12.4. The number of piperazine rings is 1. The minimum atomic E-state index is 0. The van der Waals surface area contributed by atoms with E-state index in [0.717, 1.165) is 58.4 Å². The van der Waals surface area contributed by atoms with Crippen LogP contribution in [0.15, 0.2) is 30.3 Å². The van der Waals surface area contributed by atoms with E-state index in [-0.39, 0.29) is 24.8 Å². The van der Waals surface area contributed by atoms with Crippen LogP contribution < -0.4 is 5.73 Å². The second kappa shape index (κ2) is 13.4. The molecule has 6 heteroatoms. The molecule has 25 heavy (non-hydrogen) atoms. The zero-order valence-electron chi connectivity index (χ0n) is 15.2. The van der Waals surface area contributed by atoms with Crippen LogP contribution in [0.1, 0.15) is 44.6 Å². The molecule has 1 fully saturated rings. The Bertz CT molecular complexity index is 473. The number of hydrogen-bond donors (Lipinski definition) is 1. The molecule has 1 amide bonds. The summed E-state index contributed by atoms with van der Waals surface area (Å²) >= 11 is 0. The highest BCUT2D eigenvalue weighted by Crippen LogP contribution is 2.15. The SMILES string of the molecule is CC1CN(Cc2ccccc2)CCN1C(=O)CCCCCCN.Cl.Cl. The highest BCUT2D eigenvalue weighted by atomic mass is 35.5. The van der Waals surface area contributed by atoms with E-state index in [1.165, 1.54) is 5.56 Å². The second-order valence-corrected chi connectivity index (χ2v) is 6.61. The van der Waals surface area contributed by atoms with E-state index in [2.05, 4.69) is 47.1 Å². The lowest BCUT2D eigenvalue weighted by Gasteiger charge is -2.40. The quantitative estimate of drug-likeness (QED) is 0.692. The number of benzene rings is 1. The van der Waals surface area contributed by atoms with Crippen molar-refractivity contribution in [3.8, 4) is 0 Å². The summed E-state index contributed by atoms with van der Waals surface area (Å²) in [5.74, 6) is 0.324. The minimum absolute atomic E-state index is 0. The highest BCUT2D eigenvalue weighted by Gasteiger charge is 2.26. The number of carbonyl (C=O) groups is 1. The topological polar surface area (TPSA) is 49.6 Å². The third-order valence-corrected chi connectivity index (χ3v) is 4.63. The van der Waals surface area contributed by atoms with Crippen LogP contribution in [0.3, 0.4) is 0 Å². The van der Waals surface area contributed by atoms with E-state index in [9.17, 15) is 4.79 Å². The Hall–Kier alpha value is -0.810. The van der Waals surface area contributed by atoms with Crippen LogP contribution in [-0.4, -0.2) is 47.9 Å². The van der Waals surface area contributed by atoms with E-state index in [1.807, 2.05) is 0 Å². The van der Waals surface area contributed by atoms with Crippen molar-refractivity contribution < 1.29 is 4.79 Å². The molecule has 0 spiro atoms. The lowest BCUT2D eigenvalue weighted by molar-refractivity contribution is -0.135. The third-order valence-electron chi connectivity index (χ3n) is 4.63. The van der Waals surface area contributed by atoms with Crippen molar-refractivity contribution >= 4 is 30.7 Å². The summed E-state index contributed by atoms with van der Waals surface area (Å²) in [6.45, 7) is 6.70. The first-order chi connectivity index (χ1) is 11.2. The van der Waals surface area contributed by atoms with Crippen LogP contribution in [-0.2, 0) is 11.3 Å². The van der Waals surface area contributed by atoms with Crippen LogP contribution in [0.5, 0.6) is 0 Å². The maximum Gasteiger partial charge on any atom is 0.222 e. The van der Waals surface area contributed by atoms with Gasteiger partial charge in [0, 0.05) is 38.6 Å². The van der Waals surface area contributed by atoms with E-state index in [0.29, 0.717) is 18.4 Å². The Morgan fingerprint density at radius 2 is 1.76 bits per heavy atom. The molecule has 1 saturated heterocycles. The third kappa shape index (κ3) is 8.41. The molecule has 1 heterocycles. The molecule has 0 bridgehead atoms. The number of unbranched alkanes of at least 4 members (excludes halogenated alkanes) is 3. The largest absolute Gasteiger partial charge is 0.337 e. The van der Waals surface area contributed by atoms with Gasteiger partial charge in [-0.25, -0.2) is 0 Å². The molecule has 144 valence electrons. The molecule has 1 atom stereocenters. The zero-order valence-corrected chi connectivity index (χ0v) is 16.9. The molecular formula is C19H33Cl2N3O. The summed E-state index contributed by atoms with van der Waals surface area (Å²) < 4.78 is 0. The van der Waals surface area contributed by atoms with Gasteiger partial charge in [0.15, 0.2) is 0 Å². The van der Waals surface area contributed by atoms with Crippen LogP contribution in [0.4, 0.5) is 0 Å². The van der Waals surface area contributed by atoms with Gasteiger partial charge in [-0.15, -0.1) is 24.8 Å². The van der Waals surface area contributed by atoms with E-state index >= 15 is 0 Å². The number of halogens is 2. The fourth-order valence-electron chi connectivity index (χ4n) is 3.31. The second-order valence-electron chi connectivity index (χ2n) is 6.61. The van der Waals surface area contributed by atoms with Gasteiger partial charge < -0.3 is 10.6 Å². The minimum Gasteiger partial charge on any atom is -0.337 e. The van der Waals surface area contributed by atoms with Crippen molar-refractivity contribution in [3.05, 3.63) is 35.9 Å². The Kier molecular flexibility index (Phi) is 13.0. The molecule has 1 unspecified atom stereocenters. The van der Waals surface area contributed by atoms with Crippen LogP contribution >= 0.6 is 24.8 Å². The van der Waals surface area contributed by atoms with Gasteiger partial charge in [-0.2, -0.15) is 0 Å². The molecule has 0 aromatic heterocycles. The van der Waals surface area contributed by atoms with Gasteiger partial charge in [0.2, 0.25) is 5.91 Å². The van der Waals surface area contributed by atoms with Crippen molar-refractivity contribution in [2.24, 2.45) is 5.73 Å². The number of hydrogen-bond acceptors (Lipinski definition) is 3. The predicted molar refractivity (Wildman–Crippen MR) is 110 cm³/mol. The Labute approximate surface area is 164 Å². The van der Waals surface area contributed by atoms with Gasteiger partial charge in [-0.05, 0) is 31.9 Å². The molecule has 2 N–H and O–H groups in total. The average Bonchev–Trinajstić information content (AvgIpc) is 2.55. The van der Waals surface area contributed by atoms with Crippen molar-refractivity contribution in [3.63, 3.8) is 0 Å². The Morgan fingerprint density at radius 1 is 1.08 bits per heavy atom. The molecule has 2 rings (SSSR count). The smallest absolute Gasteiger partial charge is 0.222 e. The summed E-state index contributed by atoms with van der Waals surface area (Å²) in [4.78, 5) is 16.9. The fourth-order valence-corrected chi connectivity index (χ4v) is 3.31. The standard InChI is InChI=1S/C19H31N3O.2ClH/c1-17-15-21(16-18-9-5-4-6-10-18)13-14-22(17)19(23)11-7-2-3-8-12-20;;/h4-6,9-10,17H,2-3,7-8,11-16,20H2,1H3;2*1H. The van der Waals surface area contributed by atoms with E-state index < -0.39 is 0 Å². The number of nitrogens with two attached hydrogens (primary N) is 1. The summed E-state index contributed by atoms with van der Waals surface area (Å²) in [7, 11) is 0. The summed E-state index contributed by atoms with van der Waals surface area (Å²) in [5, 5.41) is 0. The van der Waals surface area contributed by atoms with Gasteiger partial charge in [0.05, 0.1) is 0 Å². The first-order valence-electron chi connectivity index (χ1n) is 8.96. The van der Waals surface area contributed by atoms with Crippen LogP contribution in [0.25, 0.3) is 0 Å². The summed E-state index contributed by atoms with van der Waals surface area (Å²) in [5.41, 5.74) is 6.84. The number of amides is 1. The first kappa shape index (κ1) is 24.2. The number of carbonyl (C=O) groups excluding carboxylic acids is 1. The molecule has 1 aliphatic heterocycles. The molecule has 0 aliphatic carbocycles. The zero-order chi connectivity index (χ0) is 16.5. The normalized spacial score (nSPS) is 17.5. The first-order valence-corrected chi connectivity index (χ1v) is 8.96. The van der Waals surface area contributed by atoms with Crippen molar-refractivity contribution in [2.75, 3.05) is 26.2 Å². The molecule has 0 saturated carbocycles. The van der Waals surface area contributed by atoms with Gasteiger partial charge in [0.1, 0.15) is 0 Å². The molecule has 0 radical (unpaired) electrons. The molecule has 1 aliphatic rings. The lowest BCUT2D eigenvalue weighted by atomic mass is 10.1. The van der Waals surface area contributed by atoms with Crippen molar-refractivity contribution in [1.82, 2.24) is 9.80 Å². The van der Waals surface area contributed by atoms with Gasteiger partial charge >= 0.3 is 0 Å². The van der Waals surface area contributed by atoms with Crippen LogP contribution in [0, 0.1) is 0 Å². The Morgan fingerprint density at radius 3 is 2.40 bits per heavy atom. The summed E-state index contributed by atoms with van der Waals surface area (Å²) in [6.07, 6.45) is 5.02. The highest BCUT2D eigenvalue weighted by molar-refractivity contribution is 5.85. The predicted octanol–water partition coefficient (Wildman–Crippen LogP) is 3.47. The average molecular weight is 390 g/mol. The molecular weight excluding hydrogens is 357 g/mol.